The van der Waals surface area contributed by atoms with Crippen LogP contribution >= 0.6 is 0 Å². The van der Waals surface area contributed by atoms with E-state index >= 15 is 0 Å². The summed E-state index contributed by atoms with van der Waals surface area (Å²) in [5.41, 5.74) is 1.03. The van der Waals surface area contributed by atoms with Crippen LogP contribution in [0.1, 0.15) is 31.4 Å². The molecule has 2 amide bonds. The van der Waals surface area contributed by atoms with Crippen LogP contribution in [-0.2, 0) is 9.53 Å². The topological polar surface area (TPSA) is 53.1 Å². The second kappa shape index (κ2) is 8.34. The van der Waals surface area contributed by atoms with Crippen LogP contribution in [0.15, 0.2) is 30.3 Å². The van der Waals surface area contributed by atoms with Gasteiger partial charge in [0.05, 0.1) is 6.61 Å². The molecule has 136 valence electrons. The average Bonchev–Trinajstić information content (AvgIpc) is 3.18. The van der Waals surface area contributed by atoms with Gasteiger partial charge in [0.15, 0.2) is 0 Å². The molecule has 3 rings (SSSR count). The van der Waals surface area contributed by atoms with E-state index in [4.69, 9.17) is 4.74 Å². The van der Waals surface area contributed by atoms with Gasteiger partial charge in [-0.3, -0.25) is 9.69 Å². The van der Waals surface area contributed by atoms with Crippen LogP contribution in [0.2, 0.25) is 0 Å². The Hall–Kier alpha value is -2.08. The third kappa shape index (κ3) is 4.12. The minimum absolute atomic E-state index is 0.188. The normalized spacial score (nSPS) is 19.7. The van der Waals surface area contributed by atoms with E-state index in [1.54, 1.807) is 4.90 Å². The lowest BCUT2D eigenvalue weighted by atomic mass is 10.0. The van der Waals surface area contributed by atoms with Gasteiger partial charge in [-0.05, 0) is 25.3 Å². The molecule has 0 aromatic heterocycles. The highest BCUT2D eigenvalue weighted by atomic mass is 16.6. The summed E-state index contributed by atoms with van der Waals surface area (Å²) >= 11 is 0. The first-order valence-corrected chi connectivity index (χ1v) is 9.20. The molecule has 1 aromatic carbocycles. The number of nitrogens with zero attached hydrogens (tertiary/aromatic N) is 3. The molecule has 0 bridgehead atoms. The number of rotatable bonds is 4. The van der Waals surface area contributed by atoms with Crippen LogP contribution in [0, 0.1) is 0 Å². The Labute approximate surface area is 149 Å². The molecule has 1 unspecified atom stereocenters. The zero-order valence-corrected chi connectivity index (χ0v) is 14.9. The molecule has 2 saturated heterocycles. The van der Waals surface area contributed by atoms with Crippen molar-refractivity contribution in [2.24, 2.45) is 0 Å². The standard InChI is InChI=1S/C19H27N3O3/c1-2-25-19(24)22-14-12-20(13-15-22)17(16-8-4-3-5-9-16)18(23)21-10-6-7-11-21/h3-5,8-9,17H,2,6-7,10-15H2,1H3. The number of hydrogen-bond acceptors (Lipinski definition) is 4. The lowest BCUT2D eigenvalue weighted by molar-refractivity contribution is -0.136. The Morgan fingerprint density at radius 3 is 2.20 bits per heavy atom. The highest BCUT2D eigenvalue weighted by Gasteiger charge is 2.35. The second-order valence-electron chi connectivity index (χ2n) is 6.57. The molecule has 0 saturated carbocycles. The number of piperazine rings is 1. The molecule has 1 aromatic rings. The minimum atomic E-state index is -0.261. The Balaban J connectivity index is 1.72. The van der Waals surface area contributed by atoms with E-state index in [1.165, 1.54) is 0 Å². The zero-order chi connectivity index (χ0) is 17.6. The van der Waals surface area contributed by atoms with Crippen molar-refractivity contribution in [1.82, 2.24) is 14.7 Å². The van der Waals surface area contributed by atoms with E-state index in [0.717, 1.165) is 31.5 Å². The third-order valence-electron chi connectivity index (χ3n) is 4.97. The Morgan fingerprint density at radius 1 is 0.960 bits per heavy atom. The van der Waals surface area contributed by atoms with Gasteiger partial charge in [0.2, 0.25) is 5.91 Å². The van der Waals surface area contributed by atoms with Gasteiger partial charge in [0, 0.05) is 39.3 Å². The summed E-state index contributed by atoms with van der Waals surface area (Å²) in [6.45, 7) is 6.45. The third-order valence-corrected chi connectivity index (χ3v) is 4.97. The number of ether oxygens (including phenoxy) is 1. The predicted octanol–water partition coefficient (Wildman–Crippen LogP) is 2.12. The van der Waals surface area contributed by atoms with Crippen molar-refractivity contribution in [2.45, 2.75) is 25.8 Å². The molecule has 2 fully saturated rings. The maximum atomic E-state index is 13.1. The molecule has 6 nitrogen and oxygen atoms in total. The van der Waals surface area contributed by atoms with E-state index in [9.17, 15) is 9.59 Å². The molecule has 2 aliphatic rings. The SMILES string of the molecule is CCOC(=O)N1CCN(C(C(=O)N2CCCC2)c2ccccc2)CC1. The molecule has 0 radical (unpaired) electrons. The van der Waals surface area contributed by atoms with Crippen LogP contribution in [0.25, 0.3) is 0 Å². The van der Waals surface area contributed by atoms with Crippen molar-refractivity contribution >= 4 is 12.0 Å². The molecule has 2 heterocycles. The van der Waals surface area contributed by atoms with Crippen LogP contribution in [0.5, 0.6) is 0 Å². The lowest BCUT2D eigenvalue weighted by Crippen LogP contribution is -2.52. The summed E-state index contributed by atoms with van der Waals surface area (Å²) in [5.74, 6) is 0.188. The summed E-state index contributed by atoms with van der Waals surface area (Å²) in [5, 5.41) is 0. The summed E-state index contributed by atoms with van der Waals surface area (Å²) in [7, 11) is 0. The molecule has 2 aliphatic heterocycles. The molecule has 0 spiro atoms. The van der Waals surface area contributed by atoms with Crippen LogP contribution in [-0.4, -0.2) is 72.6 Å². The Bertz CT molecular complexity index is 579. The van der Waals surface area contributed by atoms with Gasteiger partial charge in [-0.25, -0.2) is 4.79 Å². The first-order chi connectivity index (χ1) is 12.2. The van der Waals surface area contributed by atoms with Gasteiger partial charge >= 0.3 is 6.09 Å². The molecular weight excluding hydrogens is 318 g/mol. The monoisotopic (exact) mass is 345 g/mol. The molecular formula is C19H27N3O3. The number of carbonyl (C=O) groups excluding carboxylic acids is 2. The summed E-state index contributed by atoms with van der Waals surface area (Å²) < 4.78 is 5.08. The van der Waals surface area contributed by atoms with Gasteiger partial charge in [-0.1, -0.05) is 30.3 Å². The first kappa shape index (κ1) is 17.7. The quantitative estimate of drug-likeness (QED) is 0.839. The summed E-state index contributed by atoms with van der Waals surface area (Å²) in [6, 6.07) is 9.72. The van der Waals surface area contributed by atoms with Gasteiger partial charge in [-0.15, -0.1) is 0 Å². The number of likely N-dealkylation sites (tertiary alicyclic amines) is 1. The first-order valence-electron chi connectivity index (χ1n) is 9.20. The minimum Gasteiger partial charge on any atom is -0.450 e. The smallest absolute Gasteiger partial charge is 0.409 e. The van der Waals surface area contributed by atoms with Crippen molar-refractivity contribution < 1.29 is 14.3 Å². The maximum Gasteiger partial charge on any atom is 0.409 e. The number of amides is 2. The van der Waals surface area contributed by atoms with Gasteiger partial charge < -0.3 is 14.5 Å². The molecule has 6 heteroatoms. The van der Waals surface area contributed by atoms with E-state index < -0.39 is 0 Å². The fourth-order valence-electron chi connectivity index (χ4n) is 3.63. The number of carbonyl (C=O) groups is 2. The molecule has 1 atom stereocenters. The van der Waals surface area contributed by atoms with Crippen LogP contribution in [0.3, 0.4) is 0 Å². The predicted molar refractivity (Wildman–Crippen MR) is 95.2 cm³/mol. The van der Waals surface area contributed by atoms with E-state index in [-0.39, 0.29) is 18.0 Å². The number of hydrogen-bond donors (Lipinski definition) is 0. The fraction of sp³-hybridized carbons (Fsp3) is 0.579. The van der Waals surface area contributed by atoms with E-state index in [2.05, 4.69) is 4.90 Å². The lowest BCUT2D eigenvalue weighted by Gasteiger charge is -2.39. The molecule has 25 heavy (non-hydrogen) atoms. The Morgan fingerprint density at radius 2 is 1.60 bits per heavy atom. The van der Waals surface area contributed by atoms with Gasteiger partial charge in [0.1, 0.15) is 6.04 Å². The van der Waals surface area contributed by atoms with Crippen molar-refractivity contribution in [3.63, 3.8) is 0 Å². The van der Waals surface area contributed by atoms with Crippen LogP contribution < -0.4 is 0 Å². The van der Waals surface area contributed by atoms with E-state index in [1.807, 2.05) is 42.2 Å². The van der Waals surface area contributed by atoms with Gasteiger partial charge in [0.25, 0.3) is 0 Å². The van der Waals surface area contributed by atoms with Crippen molar-refractivity contribution in [3.05, 3.63) is 35.9 Å². The summed E-state index contributed by atoms with van der Waals surface area (Å²) in [6.07, 6.45) is 1.91. The van der Waals surface area contributed by atoms with Crippen molar-refractivity contribution in [2.75, 3.05) is 45.9 Å². The number of benzene rings is 1. The average molecular weight is 345 g/mol. The molecule has 0 N–H and O–H groups in total. The zero-order valence-electron chi connectivity index (χ0n) is 14.9. The van der Waals surface area contributed by atoms with Crippen molar-refractivity contribution in [3.8, 4) is 0 Å². The second-order valence-corrected chi connectivity index (χ2v) is 6.57. The van der Waals surface area contributed by atoms with Gasteiger partial charge in [-0.2, -0.15) is 0 Å². The summed E-state index contributed by atoms with van der Waals surface area (Å²) in [4.78, 5) is 30.9. The highest BCUT2D eigenvalue weighted by molar-refractivity contribution is 5.83. The highest BCUT2D eigenvalue weighted by Crippen LogP contribution is 2.26. The Kier molecular flexibility index (Phi) is 5.91. The van der Waals surface area contributed by atoms with E-state index in [0.29, 0.717) is 32.8 Å². The van der Waals surface area contributed by atoms with Crippen molar-refractivity contribution in [1.29, 1.82) is 0 Å². The maximum absolute atomic E-state index is 13.1. The largest absolute Gasteiger partial charge is 0.450 e. The fourth-order valence-corrected chi connectivity index (χ4v) is 3.63. The van der Waals surface area contributed by atoms with Crippen LogP contribution in [0.4, 0.5) is 4.79 Å². The molecule has 0 aliphatic carbocycles.